The zero-order valence-corrected chi connectivity index (χ0v) is 11.8. The summed E-state index contributed by atoms with van der Waals surface area (Å²) in [4.78, 5) is 19.7. The maximum absolute atomic E-state index is 12.4. The van der Waals surface area contributed by atoms with Crippen LogP contribution in [0.3, 0.4) is 0 Å². The smallest absolute Gasteiger partial charge is 0.233 e. The Bertz CT molecular complexity index is 412. The average Bonchev–Trinajstić information content (AvgIpc) is 2.84. The molecule has 0 aliphatic carbocycles. The summed E-state index contributed by atoms with van der Waals surface area (Å²) in [7, 11) is 0. The minimum atomic E-state index is -0.768. The standard InChI is InChI=1S/C12H20N4OS/c1-4-12(5-2,10(13)18)11(17)16-8(3)9-14-6-7-15-9/h6-8H,4-5H2,1-3H3,(H2,13,18)(H,14,15)(H,16,17). The Morgan fingerprint density at radius 1 is 1.61 bits per heavy atom. The topological polar surface area (TPSA) is 83.8 Å². The Morgan fingerprint density at radius 2 is 2.22 bits per heavy atom. The van der Waals surface area contributed by atoms with Gasteiger partial charge in [0.15, 0.2) is 0 Å². The summed E-state index contributed by atoms with van der Waals surface area (Å²) in [6.07, 6.45) is 4.56. The van der Waals surface area contributed by atoms with Crippen molar-refractivity contribution in [2.24, 2.45) is 11.1 Å². The number of rotatable bonds is 6. The van der Waals surface area contributed by atoms with Gasteiger partial charge in [0.25, 0.3) is 0 Å². The highest BCUT2D eigenvalue weighted by Crippen LogP contribution is 2.28. The number of hydrogen-bond donors (Lipinski definition) is 3. The molecule has 0 aliphatic heterocycles. The fourth-order valence-corrected chi connectivity index (χ4v) is 2.33. The van der Waals surface area contributed by atoms with Gasteiger partial charge in [0.2, 0.25) is 5.91 Å². The molecule has 1 heterocycles. The SMILES string of the molecule is CCC(CC)(C(=O)NC(C)c1ncc[nH]1)C(N)=S. The molecule has 5 nitrogen and oxygen atoms in total. The highest BCUT2D eigenvalue weighted by atomic mass is 32.1. The summed E-state index contributed by atoms with van der Waals surface area (Å²) in [5, 5.41) is 2.91. The number of hydrogen-bond acceptors (Lipinski definition) is 3. The van der Waals surface area contributed by atoms with Crippen molar-refractivity contribution in [3.63, 3.8) is 0 Å². The lowest BCUT2D eigenvalue weighted by Gasteiger charge is -2.30. The van der Waals surface area contributed by atoms with Crippen molar-refractivity contribution >= 4 is 23.1 Å². The number of carbonyl (C=O) groups excluding carboxylic acids is 1. The van der Waals surface area contributed by atoms with Crippen molar-refractivity contribution in [2.45, 2.75) is 39.7 Å². The molecular formula is C12H20N4OS. The van der Waals surface area contributed by atoms with E-state index in [4.69, 9.17) is 18.0 Å². The minimum Gasteiger partial charge on any atom is -0.392 e. The number of H-pyrrole nitrogens is 1. The summed E-state index contributed by atoms with van der Waals surface area (Å²) < 4.78 is 0. The van der Waals surface area contributed by atoms with Gasteiger partial charge in [-0.25, -0.2) is 4.98 Å². The summed E-state index contributed by atoms with van der Waals surface area (Å²) in [6, 6.07) is -0.195. The lowest BCUT2D eigenvalue weighted by atomic mass is 9.81. The van der Waals surface area contributed by atoms with E-state index in [1.807, 2.05) is 20.8 Å². The number of nitrogens with one attached hydrogen (secondary N) is 2. The zero-order valence-electron chi connectivity index (χ0n) is 11.0. The van der Waals surface area contributed by atoms with Crippen LogP contribution < -0.4 is 11.1 Å². The Hall–Kier alpha value is -1.43. The second-order valence-corrected chi connectivity index (χ2v) is 4.76. The Labute approximate surface area is 113 Å². The quantitative estimate of drug-likeness (QED) is 0.685. The van der Waals surface area contributed by atoms with Gasteiger partial charge in [-0.3, -0.25) is 4.79 Å². The van der Waals surface area contributed by atoms with Crippen molar-refractivity contribution in [3.8, 4) is 0 Å². The number of carbonyl (C=O) groups is 1. The van der Waals surface area contributed by atoms with Crippen LogP contribution in [0, 0.1) is 5.41 Å². The van der Waals surface area contributed by atoms with E-state index in [0.29, 0.717) is 18.7 Å². The Morgan fingerprint density at radius 3 is 2.61 bits per heavy atom. The highest BCUT2D eigenvalue weighted by Gasteiger charge is 2.38. The molecule has 4 N–H and O–H groups in total. The van der Waals surface area contributed by atoms with Crippen molar-refractivity contribution in [1.82, 2.24) is 15.3 Å². The first kappa shape index (κ1) is 14.6. The number of nitrogens with zero attached hydrogens (tertiary/aromatic N) is 1. The van der Waals surface area contributed by atoms with Crippen LogP contribution in [0.5, 0.6) is 0 Å². The van der Waals surface area contributed by atoms with Crippen molar-refractivity contribution in [2.75, 3.05) is 0 Å². The van der Waals surface area contributed by atoms with Gasteiger partial charge >= 0.3 is 0 Å². The predicted octanol–water partition coefficient (Wildman–Crippen LogP) is 1.68. The van der Waals surface area contributed by atoms with Crippen LogP contribution in [-0.4, -0.2) is 20.9 Å². The van der Waals surface area contributed by atoms with Gasteiger partial charge in [-0.1, -0.05) is 26.1 Å². The lowest BCUT2D eigenvalue weighted by Crippen LogP contribution is -2.48. The van der Waals surface area contributed by atoms with Gasteiger partial charge in [0.1, 0.15) is 5.82 Å². The molecule has 18 heavy (non-hydrogen) atoms. The molecule has 0 spiro atoms. The first-order valence-electron chi connectivity index (χ1n) is 6.08. The molecule has 0 saturated heterocycles. The number of imidazole rings is 1. The van der Waals surface area contributed by atoms with E-state index in [2.05, 4.69) is 15.3 Å². The molecule has 0 radical (unpaired) electrons. The van der Waals surface area contributed by atoms with Crippen LogP contribution in [0.25, 0.3) is 0 Å². The number of thiocarbonyl (C=S) groups is 1. The molecule has 1 aromatic rings. The molecule has 0 aromatic carbocycles. The highest BCUT2D eigenvalue weighted by molar-refractivity contribution is 7.80. The molecule has 1 atom stereocenters. The van der Waals surface area contributed by atoms with E-state index < -0.39 is 5.41 Å². The van der Waals surface area contributed by atoms with Crippen LogP contribution >= 0.6 is 12.2 Å². The molecule has 0 aliphatic rings. The third-order valence-corrected chi connectivity index (χ3v) is 3.78. The first-order chi connectivity index (χ1) is 8.47. The molecule has 0 saturated carbocycles. The van der Waals surface area contributed by atoms with Gasteiger partial charge in [-0.2, -0.15) is 0 Å². The molecule has 0 bridgehead atoms. The second kappa shape index (κ2) is 5.95. The third kappa shape index (κ3) is 2.69. The Balaban J connectivity index is 2.83. The molecule has 1 aromatic heterocycles. The number of aromatic amines is 1. The fourth-order valence-electron chi connectivity index (χ4n) is 1.95. The van der Waals surface area contributed by atoms with Crippen LogP contribution in [-0.2, 0) is 4.79 Å². The van der Waals surface area contributed by atoms with E-state index in [1.54, 1.807) is 12.4 Å². The van der Waals surface area contributed by atoms with Gasteiger partial charge in [-0.15, -0.1) is 0 Å². The molecule has 1 unspecified atom stereocenters. The molecule has 6 heteroatoms. The van der Waals surface area contributed by atoms with E-state index in [-0.39, 0.29) is 16.9 Å². The molecule has 0 fully saturated rings. The number of amides is 1. The maximum Gasteiger partial charge on any atom is 0.233 e. The third-order valence-electron chi connectivity index (χ3n) is 3.39. The van der Waals surface area contributed by atoms with Gasteiger partial charge < -0.3 is 16.0 Å². The van der Waals surface area contributed by atoms with Gasteiger partial charge in [0, 0.05) is 12.4 Å². The second-order valence-electron chi connectivity index (χ2n) is 4.32. The summed E-state index contributed by atoms with van der Waals surface area (Å²) in [5.41, 5.74) is 4.97. The van der Waals surface area contributed by atoms with E-state index in [1.165, 1.54) is 0 Å². The summed E-state index contributed by atoms with van der Waals surface area (Å²) >= 11 is 5.05. The predicted molar refractivity (Wildman–Crippen MR) is 74.9 cm³/mol. The molecule has 1 rings (SSSR count). The van der Waals surface area contributed by atoms with Crippen molar-refractivity contribution < 1.29 is 4.79 Å². The van der Waals surface area contributed by atoms with Crippen LogP contribution in [0.1, 0.15) is 45.5 Å². The first-order valence-corrected chi connectivity index (χ1v) is 6.49. The van der Waals surface area contributed by atoms with E-state index in [9.17, 15) is 4.79 Å². The van der Waals surface area contributed by atoms with Gasteiger partial charge in [-0.05, 0) is 19.8 Å². The minimum absolute atomic E-state index is 0.135. The van der Waals surface area contributed by atoms with E-state index >= 15 is 0 Å². The fraction of sp³-hybridized carbons (Fsp3) is 0.583. The van der Waals surface area contributed by atoms with Crippen molar-refractivity contribution in [1.29, 1.82) is 0 Å². The molecule has 1 amide bonds. The largest absolute Gasteiger partial charge is 0.392 e. The normalized spacial score (nSPS) is 13.1. The van der Waals surface area contributed by atoms with E-state index in [0.717, 1.165) is 0 Å². The number of aromatic nitrogens is 2. The Kier molecular flexibility index (Phi) is 4.84. The molecule has 100 valence electrons. The van der Waals surface area contributed by atoms with Crippen LogP contribution in [0.2, 0.25) is 0 Å². The van der Waals surface area contributed by atoms with Crippen molar-refractivity contribution in [3.05, 3.63) is 18.2 Å². The summed E-state index contributed by atoms with van der Waals surface area (Å²) in [5.74, 6) is 0.580. The molecular weight excluding hydrogens is 248 g/mol. The average molecular weight is 268 g/mol. The lowest BCUT2D eigenvalue weighted by molar-refractivity contribution is -0.128. The maximum atomic E-state index is 12.4. The summed E-state index contributed by atoms with van der Waals surface area (Å²) in [6.45, 7) is 5.70. The zero-order chi connectivity index (χ0) is 13.8. The monoisotopic (exact) mass is 268 g/mol. The van der Waals surface area contributed by atoms with Crippen LogP contribution in [0.15, 0.2) is 12.4 Å². The van der Waals surface area contributed by atoms with Crippen LogP contribution in [0.4, 0.5) is 0 Å². The number of nitrogens with two attached hydrogens (primary N) is 1. The van der Waals surface area contributed by atoms with Gasteiger partial charge in [0.05, 0.1) is 16.4 Å².